The summed E-state index contributed by atoms with van der Waals surface area (Å²) in [6.07, 6.45) is 0.513. The molecule has 0 fully saturated rings. The maximum absolute atomic E-state index is 11.7. The van der Waals surface area contributed by atoms with E-state index in [1.807, 2.05) is 12.1 Å². The van der Waals surface area contributed by atoms with Crippen LogP contribution in [0.4, 0.5) is 4.79 Å². The molecule has 0 aliphatic carbocycles. The molecule has 0 radical (unpaired) electrons. The summed E-state index contributed by atoms with van der Waals surface area (Å²) >= 11 is 0. The minimum absolute atomic E-state index is 0.432. The van der Waals surface area contributed by atoms with Crippen molar-refractivity contribution < 1.29 is 14.4 Å². The molecular formula is C17H28N2O3. The number of carbonyl (C=O) groups excluding carboxylic acids is 1. The Morgan fingerprint density at radius 1 is 1.27 bits per heavy atom. The van der Waals surface area contributed by atoms with Crippen molar-refractivity contribution in [2.24, 2.45) is 5.92 Å². The molecule has 0 unspecified atom stereocenters. The Hall–Kier alpha value is -1.59. The van der Waals surface area contributed by atoms with Crippen LogP contribution in [0.15, 0.2) is 24.3 Å². The first-order chi connectivity index (χ1) is 10.4. The standard InChI is InChI=1S/C17H28N2O3/c1-7-16(13(2)12-18(3)4)14-9-8-10-15(11-14)22-17(20)19(5)21-6/h8-11,13,16H,7,12H2,1-6H3/t13-,16+/m0/s1. The van der Waals surface area contributed by atoms with Crippen LogP contribution in [-0.2, 0) is 4.84 Å². The van der Waals surface area contributed by atoms with E-state index in [-0.39, 0.29) is 0 Å². The molecule has 2 atom stereocenters. The van der Waals surface area contributed by atoms with E-state index >= 15 is 0 Å². The fraction of sp³-hybridized carbons (Fsp3) is 0.588. The fourth-order valence-corrected chi connectivity index (χ4v) is 2.72. The van der Waals surface area contributed by atoms with Gasteiger partial charge < -0.3 is 9.64 Å². The average molecular weight is 308 g/mol. The van der Waals surface area contributed by atoms with Crippen LogP contribution in [0.3, 0.4) is 0 Å². The molecule has 0 heterocycles. The van der Waals surface area contributed by atoms with E-state index in [1.54, 1.807) is 6.07 Å². The summed E-state index contributed by atoms with van der Waals surface area (Å²) in [6, 6.07) is 7.75. The molecule has 0 saturated carbocycles. The van der Waals surface area contributed by atoms with Gasteiger partial charge in [-0.2, -0.15) is 5.06 Å². The first-order valence-electron chi connectivity index (χ1n) is 7.63. The Morgan fingerprint density at radius 3 is 2.50 bits per heavy atom. The van der Waals surface area contributed by atoms with Crippen molar-refractivity contribution in [2.75, 3.05) is 34.8 Å². The third-order valence-electron chi connectivity index (χ3n) is 3.80. The van der Waals surface area contributed by atoms with Gasteiger partial charge in [0.1, 0.15) is 5.75 Å². The van der Waals surface area contributed by atoms with Gasteiger partial charge in [0, 0.05) is 13.6 Å². The van der Waals surface area contributed by atoms with E-state index in [0.717, 1.165) is 18.0 Å². The SMILES string of the molecule is CC[C@@H](c1cccc(OC(=O)N(C)OC)c1)[C@@H](C)CN(C)C. The van der Waals surface area contributed by atoms with Gasteiger partial charge in [-0.15, -0.1) is 0 Å². The lowest BCUT2D eigenvalue weighted by Crippen LogP contribution is -2.28. The number of benzene rings is 1. The second-order valence-corrected chi connectivity index (χ2v) is 5.87. The van der Waals surface area contributed by atoms with Crippen molar-refractivity contribution in [1.29, 1.82) is 0 Å². The summed E-state index contributed by atoms with van der Waals surface area (Å²) in [4.78, 5) is 18.8. The van der Waals surface area contributed by atoms with Crippen LogP contribution in [0.2, 0.25) is 0 Å². The predicted molar refractivity (Wildman–Crippen MR) is 88.0 cm³/mol. The third-order valence-corrected chi connectivity index (χ3v) is 3.80. The third kappa shape index (κ3) is 5.31. The van der Waals surface area contributed by atoms with Crippen LogP contribution < -0.4 is 4.74 Å². The van der Waals surface area contributed by atoms with Gasteiger partial charge in [-0.1, -0.05) is 26.0 Å². The van der Waals surface area contributed by atoms with Crippen LogP contribution in [0.1, 0.15) is 31.7 Å². The van der Waals surface area contributed by atoms with Crippen molar-refractivity contribution in [1.82, 2.24) is 9.96 Å². The highest BCUT2D eigenvalue weighted by molar-refractivity contribution is 5.69. The Bertz CT molecular complexity index is 477. The van der Waals surface area contributed by atoms with Crippen molar-refractivity contribution >= 4 is 6.09 Å². The summed E-state index contributed by atoms with van der Waals surface area (Å²) in [5, 5.41) is 1.05. The van der Waals surface area contributed by atoms with E-state index in [0.29, 0.717) is 17.6 Å². The van der Waals surface area contributed by atoms with Gasteiger partial charge in [-0.25, -0.2) is 4.79 Å². The second kappa shape index (κ2) is 8.76. The molecule has 1 aromatic rings. The second-order valence-electron chi connectivity index (χ2n) is 5.87. The molecule has 1 rings (SSSR count). The molecule has 5 nitrogen and oxygen atoms in total. The highest BCUT2D eigenvalue weighted by atomic mass is 16.7. The summed E-state index contributed by atoms with van der Waals surface area (Å²) in [7, 11) is 7.11. The lowest BCUT2D eigenvalue weighted by atomic mass is 9.85. The molecule has 1 amide bonds. The minimum atomic E-state index is -0.533. The van der Waals surface area contributed by atoms with Gasteiger partial charge in [0.05, 0.1) is 7.11 Å². The van der Waals surface area contributed by atoms with E-state index in [1.165, 1.54) is 19.7 Å². The molecule has 22 heavy (non-hydrogen) atoms. The monoisotopic (exact) mass is 308 g/mol. The first kappa shape index (κ1) is 18.5. The molecule has 1 aromatic carbocycles. The van der Waals surface area contributed by atoms with Crippen LogP contribution in [0.25, 0.3) is 0 Å². The van der Waals surface area contributed by atoms with Crippen molar-refractivity contribution in [3.05, 3.63) is 29.8 Å². The molecule has 0 spiro atoms. The van der Waals surface area contributed by atoms with Crippen LogP contribution >= 0.6 is 0 Å². The smallest absolute Gasteiger partial charge is 0.409 e. The summed E-state index contributed by atoms with van der Waals surface area (Å²) in [5.74, 6) is 1.50. The highest BCUT2D eigenvalue weighted by Crippen LogP contribution is 2.30. The molecule has 0 aliphatic heterocycles. The summed E-state index contributed by atoms with van der Waals surface area (Å²) in [5.41, 5.74) is 1.20. The maximum atomic E-state index is 11.7. The Labute approximate surface area is 133 Å². The molecule has 0 N–H and O–H groups in total. The number of hydrogen-bond donors (Lipinski definition) is 0. The number of rotatable bonds is 7. The molecule has 5 heteroatoms. The van der Waals surface area contributed by atoms with Gasteiger partial charge >= 0.3 is 6.09 Å². The summed E-state index contributed by atoms with van der Waals surface area (Å²) < 4.78 is 5.31. The Balaban J connectivity index is 2.87. The van der Waals surface area contributed by atoms with Crippen molar-refractivity contribution in [2.45, 2.75) is 26.2 Å². The number of amides is 1. The first-order valence-corrected chi connectivity index (χ1v) is 7.63. The topological polar surface area (TPSA) is 42.0 Å². The number of nitrogens with zero attached hydrogens (tertiary/aromatic N) is 2. The molecule has 0 bridgehead atoms. The Morgan fingerprint density at radius 2 is 1.95 bits per heavy atom. The zero-order chi connectivity index (χ0) is 16.7. The number of hydroxylamine groups is 2. The van der Waals surface area contributed by atoms with Gasteiger partial charge in [0.25, 0.3) is 0 Å². The van der Waals surface area contributed by atoms with Crippen molar-refractivity contribution in [3.8, 4) is 5.75 Å². The van der Waals surface area contributed by atoms with Gasteiger partial charge in [0.15, 0.2) is 0 Å². The average Bonchev–Trinajstić information content (AvgIpc) is 2.46. The molecule has 0 aromatic heterocycles. The zero-order valence-corrected chi connectivity index (χ0v) is 14.5. The molecule has 0 saturated heterocycles. The molecular weight excluding hydrogens is 280 g/mol. The van der Waals surface area contributed by atoms with Crippen LogP contribution in [0, 0.1) is 5.92 Å². The van der Waals surface area contributed by atoms with Crippen LogP contribution in [-0.4, -0.2) is 50.9 Å². The van der Waals surface area contributed by atoms with E-state index in [9.17, 15) is 4.79 Å². The number of hydrogen-bond acceptors (Lipinski definition) is 4. The number of carbonyl (C=O) groups is 1. The number of ether oxygens (including phenoxy) is 1. The maximum Gasteiger partial charge on any atom is 0.439 e. The largest absolute Gasteiger partial charge is 0.439 e. The predicted octanol–water partition coefficient (Wildman–Crippen LogP) is 3.37. The van der Waals surface area contributed by atoms with E-state index in [2.05, 4.69) is 38.9 Å². The quantitative estimate of drug-likeness (QED) is 0.724. The minimum Gasteiger partial charge on any atom is -0.409 e. The fourth-order valence-electron chi connectivity index (χ4n) is 2.72. The highest BCUT2D eigenvalue weighted by Gasteiger charge is 2.19. The van der Waals surface area contributed by atoms with Gasteiger partial charge in [-0.05, 0) is 50.0 Å². The molecule has 0 aliphatic rings. The van der Waals surface area contributed by atoms with Crippen molar-refractivity contribution in [3.63, 3.8) is 0 Å². The lowest BCUT2D eigenvalue weighted by molar-refractivity contribution is -0.0790. The van der Waals surface area contributed by atoms with Crippen LogP contribution in [0.5, 0.6) is 5.75 Å². The van der Waals surface area contributed by atoms with E-state index in [4.69, 9.17) is 9.57 Å². The van der Waals surface area contributed by atoms with Gasteiger partial charge in [0.2, 0.25) is 0 Å². The van der Waals surface area contributed by atoms with Gasteiger partial charge in [-0.3, -0.25) is 4.84 Å². The summed E-state index contributed by atoms with van der Waals surface area (Å²) in [6.45, 7) is 5.47. The van der Waals surface area contributed by atoms with E-state index < -0.39 is 6.09 Å². The lowest BCUT2D eigenvalue weighted by Gasteiger charge is -2.26. The molecule has 124 valence electrons. The Kier molecular flexibility index (Phi) is 7.35. The normalized spacial score (nSPS) is 13.8. The zero-order valence-electron chi connectivity index (χ0n) is 14.5.